The SMILES string of the molecule is COC(=O)C1CC(C)CCN1CC1CCNCC1. The van der Waals surface area contributed by atoms with E-state index < -0.39 is 0 Å². The lowest BCUT2D eigenvalue weighted by molar-refractivity contribution is -0.149. The predicted octanol–water partition coefficient (Wildman–Crippen LogP) is 1.26. The first-order valence-corrected chi connectivity index (χ1v) is 7.23. The highest BCUT2D eigenvalue weighted by Crippen LogP contribution is 2.25. The predicted molar refractivity (Wildman–Crippen MR) is 71.4 cm³/mol. The van der Waals surface area contributed by atoms with E-state index in [2.05, 4.69) is 17.1 Å². The average molecular weight is 254 g/mol. The molecule has 2 aliphatic rings. The van der Waals surface area contributed by atoms with Crippen molar-refractivity contribution in [3.8, 4) is 0 Å². The van der Waals surface area contributed by atoms with Crippen molar-refractivity contribution >= 4 is 5.97 Å². The number of esters is 1. The van der Waals surface area contributed by atoms with Gasteiger partial charge in [-0.2, -0.15) is 0 Å². The van der Waals surface area contributed by atoms with Gasteiger partial charge in [0.25, 0.3) is 0 Å². The van der Waals surface area contributed by atoms with Crippen LogP contribution in [0.25, 0.3) is 0 Å². The lowest BCUT2D eigenvalue weighted by Gasteiger charge is -2.39. The maximum Gasteiger partial charge on any atom is 0.323 e. The van der Waals surface area contributed by atoms with Gasteiger partial charge < -0.3 is 10.1 Å². The zero-order valence-electron chi connectivity index (χ0n) is 11.7. The third-order valence-corrected chi connectivity index (χ3v) is 4.40. The summed E-state index contributed by atoms with van der Waals surface area (Å²) in [6.07, 6.45) is 4.63. The molecule has 104 valence electrons. The summed E-state index contributed by atoms with van der Waals surface area (Å²) in [5.41, 5.74) is 0. The second-order valence-electron chi connectivity index (χ2n) is 5.86. The topological polar surface area (TPSA) is 41.6 Å². The van der Waals surface area contributed by atoms with Crippen molar-refractivity contribution in [1.29, 1.82) is 0 Å². The Kier molecular flexibility index (Phi) is 5.01. The Bertz CT molecular complexity index is 277. The van der Waals surface area contributed by atoms with Crippen LogP contribution in [0.15, 0.2) is 0 Å². The summed E-state index contributed by atoms with van der Waals surface area (Å²) in [7, 11) is 1.50. The molecule has 0 spiro atoms. The Balaban J connectivity index is 1.92. The third-order valence-electron chi connectivity index (χ3n) is 4.40. The molecule has 4 nitrogen and oxygen atoms in total. The number of methoxy groups -OCH3 is 1. The number of likely N-dealkylation sites (tertiary alicyclic amines) is 1. The number of ether oxygens (including phenoxy) is 1. The summed E-state index contributed by atoms with van der Waals surface area (Å²) in [5, 5.41) is 3.39. The van der Waals surface area contributed by atoms with Gasteiger partial charge in [0.15, 0.2) is 0 Å². The van der Waals surface area contributed by atoms with E-state index in [1.807, 2.05) is 0 Å². The van der Waals surface area contributed by atoms with Crippen molar-refractivity contribution in [2.75, 3.05) is 33.3 Å². The molecule has 1 N–H and O–H groups in total. The Morgan fingerprint density at radius 3 is 2.72 bits per heavy atom. The summed E-state index contributed by atoms with van der Waals surface area (Å²) < 4.78 is 4.96. The van der Waals surface area contributed by atoms with Gasteiger partial charge in [0.2, 0.25) is 0 Å². The van der Waals surface area contributed by atoms with Crippen molar-refractivity contribution in [2.24, 2.45) is 11.8 Å². The fourth-order valence-electron chi connectivity index (χ4n) is 3.19. The first-order valence-electron chi connectivity index (χ1n) is 7.23. The molecule has 2 fully saturated rings. The number of carbonyl (C=O) groups excluding carboxylic acids is 1. The highest BCUT2D eigenvalue weighted by atomic mass is 16.5. The third kappa shape index (κ3) is 3.45. The van der Waals surface area contributed by atoms with Gasteiger partial charge in [-0.15, -0.1) is 0 Å². The minimum absolute atomic E-state index is 0.00589. The van der Waals surface area contributed by atoms with Gasteiger partial charge in [-0.25, -0.2) is 0 Å². The maximum atomic E-state index is 11.9. The fourth-order valence-corrected chi connectivity index (χ4v) is 3.19. The number of nitrogens with zero attached hydrogens (tertiary/aromatic N) is 1. The van der Waals surface area contributed by atoms with E-state index in [1.54, 1.807) is 0 Å². The van der Waals surface area contributed by atoms with Gasteiger partial charge in [-0.1, -0.05) is 6.92 Å². The highest BCUT2D eigenvalue weighted by molar-refractivity contribution is 5.75. The van der Waals surface area contributed by atoms with Gasteiger partial charge in [-0.3, -0.25) is 9.69 Å². The Morgan fingerprint density at radius 1 is 1.33 bits per heavy atom. The molecule has 0 radical (unpaired) electrons. The first-order chi connectivity index (χ1) is 8.70. The van der Waals surface area contributed by atoms with E-state index >= 15 is 0 Å². The van der Waals surface area contributed by atoms with Crippen molar-refractivity contribution in [3.05, 3.63) is 0 Å². The van der Waals surface area contributed by atoms with Crippen molar-refractivity contribution < 1.29 is 9.53 Å². The molecule has 4 heteroatoms. The van der Waals surface area contributed by atoms with Crippen molar-refractivity contribution in [1.82, 2.24) is 10.2 Å². The Hall–Kier alpha value is -0.610. The molecule has 0 aromatic carbocycles. The second kappa shape index (κ2) is 6.53. The van der Waals surface area contributed by atoms with Gasteiger partial charge in [0, 0.05) is 6.54 Å². The molecule has 2 aliphatic heterocycles. The molecule has 0 amide bonds. The first kappa shape index (κ1) is 13.8. The summed E-state index contributed by atoms with van der Waals surface area (Å²) in [4.78, 5) is 14.3. The lowest BCUT2D eigenvalue weighted by Crippen LogP contribution is -2.49. The smallest absolute Gasteiger partial charge is 0.323 e. The summed E-state index contributed by atoms with van der Waals surface area (Å²) >= 11 is 0. The van der Waals surface area contributed by atoms with E-state index in [0.29, 0.717) is 5.92 Å². The van der Waals surface area contributed by atoms with Gasteiger partial charge >= 0.3 is 5.97 Å². The zero-order valence-corrected chi connectivity index (χ0v) is 11.7. The summed E-state index contributed by atoms with van der Waals surface area (Å²) in [5.74, 6) is 1.33. The van der Waals surface area contributed by atoms with Crippen LogP contribution in [0.4, 0.5) is 0 Å². The number of rotatable bonds is 3. The van der Waals surface area contributed by atoms with E-state index in [0.717, 1.165) is 38.5 Å². The van der Waals surface area contributed by atoms with Crippen molar-refractivity contribution in [2.45, 2.75) is 38.6 Å². The molecule has 0 bridgehead atoms. The zero-order chi connectivity index (χ0) is 13.0. The van der Waals surface area contributed by atoms with E-state index in [-0.39, 0.29) is 12.0 Å². The Morgan fingerprint density at radius 2 is 2.06 bits per heavy atom. The van der Waals surface area contributed by atoms with Crippen LogP contribution < -0.4 is 5.32 Å². The fraction of sp³-hybridized carbons (Fsp3) is 0.929. The molecule has 2 saturated heterocycles. The Labute approximate surface area is 110 Å². The molecule has 2 atom stereocenters. The van der Waals surface area contributed by atoms with Crippen LogP contribution in [0.3, 0.4) is 0 Å². The monoisotopic (exact) mass is 254 g/mol. The molecule has 0 aromatic rings. The van der Waals surface area contributed by atoms with Crippen LogP contribution in [0.2, 0.25) is 0 Å². The highest BCUT2D eigenvalue weighted by Gasteiger charge is 2.33. The molecule has 0 saturated carbocycles. The largest absolute Gasteiger partial charge is 0.468 e. The standard InChI is InChI=1S/C14H26N2O2/c1-11-5-8-16(13(9-11)14(17)18-2)10-12-3-6-15-7-4-12/h11-13,15H,3-10H2,1-2H3. The van der Waals surface area contributed by atoms with Gasteiger partial charge in [0.05, 0.1) is 7.11 Å². The second-order valence-corrected chi connectivity index (χ2v) is 5.86. The molecule has 2 rings (SSSR count). The van der Waals surface area contributed by atoms with E-state index in [9.17, 15) is 4.79 Å². The van der Waals surface area contributed by atoms with Crippen LogP contribution >= 0.6 is 0 Å². The minimum atomic E-state index is -0.0458. The summed E-state index contributed by atoms with van der Waals surface area (Å²) in [6.45, 7) is 6.59. The summed E-state index contributed by atoms with van der Waals surface area (Å²) in [6, 6.07) is -0.00589. The van der Waals surface area contributed by atoms with E-state index in [1.165, 1.54) is 26.4 Å². The molecular formula is C14H26N2O2. The molecule has 0 aromatic heterocycles. The number of hydrogen-bond donors (Lipinski definition) is 1. The van der Waals surface area contributed by atoms with Crippen LogP contribution in [0.5, 0.6) is 0 Å². The quantitative estimate of drug-likeness (QED) is 0.770. The van der Waals surface area contributed by atoms with Crippen LogP contribution in [-0.4, -0.2) is 50.2 Å². The molecular weight excluding hydrogens is 228 g/mol. The normalized spacial score (nSPS) is 31.2. The van der Waals surface area contributed by atoms with Gasteiger partial charge in [0.1, 0.15) is 6.04 Å². The molecule has 18 heavy (non-hydrogen) atoms. The van der Waals surface area contributed by atoms with Crippen LogP contribution in [0.1, 0.15) is 32.6 Å². The number of carbonyl (C=O) groups is 1. The lowest BCUT2D eigenvalue weighted by atomic mass is 9.90. The maximum absolute atomic E-state index is 11.9. The minimum Gasteiger partial charge on any atom is -0.468 e. The van der Waals surface area contributed by atoms with Crippen molar-refractivity contribution in [3.63, 3.8) is 0 Å². The molecule has 2 heterocycles. The van der Waals surface area contributed by atoms with E-state index in [4.69, 9.17) is 4.74 Å². The van der Waals surface area contributed by atoms with Crippen LogP contribution in [0, 0.1) is 11.8 Å². The van der Waals surface area contributed by atoms with Crippen LogP contribution in [-0.2, 0) is 9.53 Å². The van der Waals surface area contributed by atoms with Gasteiger partial charge in [-0.05, 0) is 57.2 Å². The number of nitrogens with one attached hydrogen (secondary N) is 1. The average Bonchev–Trinajstić information content (AvgIpc) is 2.41. The number of hydrogen-bond acceptors (Lipinski definition) is 4. The number of piperidine rings is 2. The molecule has 0 aliphatic carbocycles. The molecule has 2 unspecified atom stereocenters.